The Balaban J connectivity index is 1.45. The number of hydrogen-bond donors (Lipinski definition) is 2. The molecular weight excluding hydrogens is 362 g/mol. The first-order chi connectivity index (χ1) is 14.0. The van der Waals surface area contributed by atoms with Crippen LogP contribution in [0, 0.1) is 17.3 Å². The van der Waals surface area contributed by atoms with Crippen LogP contribution in [0.1, 0.15) is 19.4 Å². The van der Waals surface area contributed by atoms with Crippen molar-refractivity contribution in [2.24, 2.45) is 17.3 Å². The fourth-order valence-electron chi connectivity index (χ4n) is 4.68. The van der Waals surface area contributed by atoms with Crippen LogP contribution in [0.3, 0.4) is 0 Å². The minimum atomic E-state index is -0.421. The van der Waals surface area contributed by atoms with Gasteiger partial charge in [0.15, 0.2) is 5.65 Å². The highest BCUT2D eigenvalue weighted by molar-refractivity contribution is 5.79. The second-order valence-corrected chi connectivity index (χ2v) is 9.18. The highest BCUT2D eigenvalue weighted by Gasteiger charge is 2.36. The van der Waals surface area contributed by atoms with E-state index >= 15 is 0 Å². The largest absolute Gasteiger partial charge is 0.371 e. The summed E-state index contributed by atoms with van der Waals surface area (Å²) in [5.41, 5.74) is 5.43. The SMILES string of the molecule is CC(C)(C=O)Cc1c[nH]c2ncc(-c3cccc(N4CC5CNCC5C4)c3)nc12. The molecule has 2 aromatic heterocycles. The lowest BCUT2D eigenvalue weighted by atomic mass is 9.88. The smallest absolute Gasteiger partial charge is 0.156 e. The summed E-state index contributed by atoms with van der Waals surface area (Å²) in [4.78, 5) is 26.5. The molecule has 4 heterocycles. The van der Waals surface area contributed by atoms with Gasteiger partial charge in [0, 0.05) is 49.0 Å². The first kappa shape index (κ1) is 18.3. The van der Waals surface area contributed by atoms with E-state index in [9.17, 15) is 4.79 Å². The Labute approximate surface area is 170 Å². The molecule has 0 saturated carbocycles. The zero-order valence-corrected chi connectivity index (χ0v) is 17.0. The Morgan fingerprint density at radius 1 is 1.24 bits per heavy atom. The molecule has 2 unspecified atom stereocenters. The molecule has 0 bridgehead atoms. The van der Waals surface area contributed by atoms with Gasteiger partial charge in [-0.05, 0) is 36.0 Å². The Bertz CT molecular complexity index is 1040. The minimum Gasteiger partial charge on any atom is -0.371 e. The third kappa shape index (κ3) is 3.42. The third-order valence-electron chi connectivity index (χ3n) is 6.32. The molecule has 29 heavy (non-hydrogen) atoms. The average Bonchev–Trinajstić information content (AvgIpc) is 3.43. The number of fused-ring (bicyclic) bond motifs is 2. The number of carbonyl (C=O) groups is 1. The fourth-order valence-corrected chi connectivity index (χ4v) is 4.68. The van der Waals surface area contributed by atoms with Crippen molar-refractivity contribution in [2.75, 3.05) is 31.1 Å². The topological polar surface area (TPSA) is 73.9 Å². The second-order valence-electron chi connectivity index (χ2n) is 9.18. The van der Waals surface area contributed by atoms with Gasteiger partial charge in [-0.1, -0.05) is 26.0 Å². The van der Waals surface area contributed by atoms with Crippen LogP contribution in [0.4, 0.5) is 5.69 Å². The molecule has 3 aromatic rings. The van der Waals surface area contributed by atoms with Crippen LogP contribution in [-0.4, -0.2) is 47.4 Å². The van der Waals surface area contributed by atoms with E-state index in [1.54, 1.807) is 0 Å². The van der Waals surface area contributed by atoms with Crippen LogP contribution in [0.2, 0.25) is 0 Å². The molecular formula is C23H27N5O. The van der Waals surface area contributed by atoms with Gasteiger partial charge >= 0.3 is 0 Å². The minimum absolute atomic E-state index is 0.421. The summed E-state index contributed by atoms with van der Waals surface area (Å²) in [6.45, 7) is 8.40. The summed E-state index contributed by atoms with van der Waals surface area (Å²) in [6.07, 6.45) is 5.40. The number of anilines is 1. The maximum Gasteiger partial charge on any atom is 0.156 e. The molecule has 5 rings (SSSR count). The molecule has 2 aliphatic rings. The molecule has 0 aliphatic carbocycles. The number of hydrogen-bond acceptors (Lipinski definition) is 5. The van der Waals surface area contributed by atoms with Crippen LogP contribution in [-0.2, 0) is 11.2 Å². The van der Waals surface area contributed by atoms with Gasteiger partial charge in [0.05, 0.1) is 11.9 Å². The van der Waals surface area contributed by atoms with Crippen molar-refractivity contribution in [2.45, 2.75) is 20.3 Å². The molecule has 0 radical (unpaired) electrons. The van der Waals surface area contributed by atoms with Gasteiger partial charge in [0.25, 0.3) is 0 Å². The second kappa shape index (κ2) is 6.95. The summed E-state index contributed by atoms with van der Waals surface area (Å²) < 4.78 is 0. The van der Waals surface area contributed by atoms with E-state index < -0.39 is 5.41 Å². The first-order valence-electron chi connectivity index (χ1n) is 10.4. The van der Waals surface area contributed by atoms with Gasteiger partial charge in [-0.15, -0.1) is 0 Å². The number of nitrogens with zero attached hydrogens (tertiary/aromatic N) is 3. The molecule has 2 fully saturated rings. The van der Waals surface area contributed by atoms with Crippen LogP contribution in [0.5, 0.6) is 0 Å². The number of H-pyrrole nitrogens is 1. The van der Waals surface area contributed by atoms with Crippen LogP contribution in [0.25, 0.3) is 22.4 Å². The van der Waals surface area contributed by atoms with E-state index in [1.165, 1.54) is 5.69 Å². The number of benzene rings is 1. The number of rotatable bonds is 5. The van der Waals surface area contributed by atoms with E-state index in [1.807, 2.05) is 26.2 Å². The molecule has 2 atom stereocenters. The Hall–Kier alpha value is -2.73. The van der Waals surface area contributed by atoms with E-state index in [-0.39, 0.29) is 0 Å². The molecule has 2 saturated heterocycles. The molecule has 150 valence electrons. The predicted octanol–water partition coefficient (Wildman–Crippen LogP) is 3.05. The summed E-state index contributed by atoms with van der Waals surface area (Å²) in [5, 5.41) is 3.50. The molecule has 6 heteroatoms. The normalized spacial score (nSPS) is 21.7. The highest BCUT2D eigenvalue weighted by atomic mass is 16.1. The lowest BCUT2D eigenvalue weighted by Crippen LogP contribution is -2.25. The summed E-state index contributed by atoms with van der Waals surface area (Å²) in [6, 6.07) is 8.63. The van der Waals surface area contributed by atoms with Crippen molar-refractivity contribution in [3.05, 3.63) is 42.2 Å². The van der Waals surface area contributed by atoms with Crippen molar-refractivity contribution in [3.63, 3.8) is 0 Å². The Kier molecular flexibility index (Phi) is 4.39. The number of nitrogens with one attached hydrogen (secondary N) is 2. The third-order valence-corrected chi connectivity index (χ3v) is 6.32. The van der Waals surface area contributed by atoms with Crippen molar-refractivity contribution in [1.29, 1.82) is 0 Å². The van der Waals surface area contributed by atoms with Crippen molar-refractivity contribution < 1.29 is 4.79 Å². The van der Waals surface area contributed by atoms with Crippen LogP contribution < -0.4 is 10.2 Å². The Morgan fingerprint density at radius 3 is 2.79 bits per heavy atom. The average molecular weight is 390 g/mol. The number of aromatic nitrogens is 3. The van der Waals surface area contributed by atoms with Crippen LogP contribution >= 0.6 is 0 Å². The van der Waals surface area contributed by atoms with Crippen molar-refractivity contribution in [3.8, 4) is 11.3 Å². The molecule has 0 spiro atoms. The maximum absolute atomic E-state index is 11.4. The highest BCUT2D eigenvalue weighted by Crippen LogP contribution is 2.33. The van der Waals surface area contributed by atoms with E-state index in [4.69, 9.17) is 4.98 Å². The molecule has 2 aliphatic heterocycles. The Morgan fingerprint density at radius 2 is 2.03 bits per heavy atom. The van der Waals surface area contributed by atoms with Gasteiger partial charge < -0.3 is 20.0 Å². The summed E-state index contributed by atoms with van der Waals surface area (Å²) >= 11 is 0. The number of aromatic amines is 1. The van der Waals surface area contributed by atoms with E-state index in [2.05, 4.69) is 44.5 Å². The van der Waals surface area contributed by atoms with E-state index in [0.717, 1.165) is 72.3 Å². The maximum atomic E-state index is 11.4. The number of aldehydes is 1. The molecule has 1 aromatic carbocycles. The molecule has 2 N–H and O–H groups in total. The zero-order chi connectivity index (χ0) is 20.0. The molecule has 6 nitrogen and oxygen atoms in total. The lowest BCUT2D eigenvalue weighted by molar-refractivity contribution is -0.114. The van der Waals surface area contributed by atoms with Gasteiger partial charge in [-0.25, -0.2) is 9.97 Å². The summed E-state index contributed by atoms with van der Waals surface area (Å²) in [5.74, 6) is 1.52. The van der Waals surface area contributed by atoms with Gasteiger partial charge in [0.2, 0.25) is 0 Å². The summed E-state index contributed by atoms with van der Waals surface area (Å²) in [7, 11) is 0. The molecule has 0 amide bonds. The van der Waals surface area contributed by atoms with Crippen LogP contribution in [0.15, 0.2) is 36.7 Å². The number of carbonyl (C=O) groups excluding carboxylic acids is 1. The van der Waals surface area contributed by atoms with E-state index in [0.29, 0.717) is 6.42 Å². The predicted molar refractivity (Wildman–Crippen MR) is 115 cm³/mol. The van der Waals surface area contributed by atoms with Gasteiger partial charge in [0.1, 0.15) is 11.8 Å². The fraction of sp³-hybridized carbons (Fsp3) is 0.435. The van der Waals surface area contributed by atoms with Gasteiger partial charge in [-0.3, -0.25) is 0 Å². The zero-order valence-electron chi connectivity index (χ0n) is 17.0. The van der Waals surface area contributed by atoms with Gasteiger partial charge in [-0.2, -0.15) is 0 Å². The monoisotopic (exact) mass is 389 g/mol. The first-order valence-corrected chi connectivity index (χ1v) is 10.4. The quantitative estimate of drug-likeness (QED) is 0.656. The standard InChI is InChI=1S/C23H27N5O/c1-23(2,14-29)7-16-10-25-22-21(16)27-20(11-26-22)15-4-3-5-19(6-15)28-12-17-8-24-9-18(17)13-28/h3-6,10-11,14,17-18,24H,7-9,12-13H2,1-2H3,(H,25,26). The van der Waals surface area contributed by atoms with Crippen molar-refractivity contribution in [1.82, 2.24) is 20.3 Å². The van der Waals surface area contributed by atoms with Crippen molar-refractivity contribution >= 4 is 23.1 Å². The lowest BCUT2D eigenvalue weighted by Gasteiger charge is -2.20.